The van der Waals surface area contributed by atoms with Gasteiger partial charge in [0, 0.05) is 147 Å². The summed E-state index contributed by atoms with van der Waals surface area (Å²) in [6.45, 7) is 0. The molecule has 0 atom stereocenters. The molecule has 0 aliphatic carbocycles. The van der Waals surface area contributed by atoms with Gasteiger partial charge in [-0.05, 0) is 177 Å². The fraction of sp³-hybridized carbons (Fsp3) is 0. The quantitative estimate of drug-likeness (QED) is 0.114. The third-order valence-corrected chi connectivity index (χ3v) is 29.7. The summed E-state index contributed by atoms with van der Waals surface area (Å²) in [7, 11) is 0. The highest BCUT2D eigenvalue weighted by molar-refractivity contribution is 7.27. The summed E-state index contributed by atoms with van der Waals surface area (Å²) in [6, 6.07) is 145. The molecule has 12 heteroatoms. The zero-order valence-corrected chi connectivity index (χ0v) is 70.6. The summed E-state index contributed by atoms with van der Waals surface area (Å²) in [5, 5.41) is 14.3. The Bertz CT molecular complexity index is 8900. The first-order valence-electron chi connectivity index (χ1n) is 42.2. The Morgan fingerprint density at radius 1 is 0.151 bits per heavy atom. The van der Waals surface area contributed by atoms with Gasteiger partial charge in [-0.2, -0.15) is 0 Å². The number of fused-ring (bicyclic) bond motifs is 18. The lowest BCUT2D eigenvalue weighted by atomic mass is 9.95. The molecule has 8 nitrogen and oxygen atoms in total. The monoisotopic (exact) mass is 1670 g/mol. The van der Waals surface area contributed by atoms with E-state index in [1.54, 1.807) is 34.0 Å². The van der Waals surface area contributed by atoms with Gasteiger partial charge in [-0.3, -0.25) is 0 Å². The minimum absolute atomic E-state index is 0.610. The summed E-state index contributed by atoms with van der Waals surface area (Å²) in [5.74, 6) is 3.70. The van der Waals surface area contributed by atoms with Crippen molar-refractivity contribution >= 4 is 170 Å². The van der Waals surface area contributed by atoms with E-state index in [4.69, 9.17) is 29.9 Å². The van der Waals surface area contributed by atoms with Crippen molar-refractivity contribution in [1.82, 2.24) is 39.0 Å². The van der Waals surface area contributed by atoms with Gasteiger partial charge in [0.05, 0.1) is 22.1 Å². The van der Waals surface area contributed by atoms with Crippen LogP contribution in [0.25, 0.3) is 260 Å². The van der Waals surface area contributed by atoms with Crippen LogP contribution in [-0.2, 0) is 0 Å². The van der Waals surface area contributed by atoms with Crippen LogP contribution >= 0.6 is 45.3 Å². The van der Waals surface area contributed by atoms with Gasteiger partial charge in [-0.15, -0.1) is 45.3 Å². The average molecular weight is 1680 g/mol. The molecule has 0 radical (unpaired) electrons. The van der Waals surface area contributed by atoms with E-state index in [0.717, 1.165) is 131 Å². The molecule has 18 aromatic carbocycles. The Morgan fingerprint density at radius 3 is 0.881 bits per heavy atom. The molecule has 0 saturated heterocycles. The summed E-state index contributed by atoms with van der Waals surface area (Å²) in [5.41, 5.74) is 23.8. The molecule has 0 amide bonds. The molecule has 0 saturated carbocycles. The van der Waals surface area contributed by atoms with Crippen LogP contribution in [-0.4, -0.2) is 39.0 Å². The third kappa shape index (κ3) is 12.0. The molecular formula is C114H66N8S4. The van der Waals surface area contributed by atoms with Gasteiger partial charge in [0.1, 0.15) is 0 Å². The second-order valence-corrected chi connectivity index (χ2v) is 36.7. The second-order valence-electron chi connectivity index (χ2n) is 32.4. The SMILES string of the molecule is c1ccc(-c2cccc(-c3ccc4c(c3)sc3c(-c5nc(-c6ccccc6)nc(-c6ccc7c(c6)sc6ccc(-c8cccc(-c9cccc(-c%10ccc%11c(c%10)sc%10c(-c%12nc(-c%13ccccc%13)nc(-c%13ccc%14sc%15ccccc%15c%14c%13)n%12)cc(-n%12c%13ccccc%13c%13ccccc%13%12)cc%10%11)c9)c8)cc67)n5)cc(-n5c6ccccc6c6ccccc65)cc34)c2)cc1. The van der Waals surface area contributed by atoms with Crippen LogP contribution in [0, 0.1) is 0 Å². The minimum Gasteiger partial charge on any atom is -0.309 e. The zero-order valence-electron chi connectivity index (χ0n) is 67.3. The van der Waals surface area contributed by atoms with Gasteiger partial charge < -0.3 is 9.13 Å². The molecule has 8 heterocycles. The maximum atomic E-state index is 5.60. The Morgan fingerprint density at radius 2 is 0.429 bits per heavy atom. The predicted molar refractivity (Wildman–Crippen MR) is 533 cm³/mol. The van der Waals surface area contributed by atoms with Crippen LogP contribution in [0.3, 0.4) is 0 Å². The van der Waals surface area contributed by atoms with Crippen molar-refractivity contribution in [3.63, 3.8) is 0 Å². The number of thiophene rings is 4. The Labute approximate surface area is 738 Å². The summed E-state index contributed by atoms with van der Waals surface area (Å²) in [4.78, 5) is 32.8. The Kier molecular flexibility index (Phi) is 16.6. The number of para-hydroxylation sites is 4. The maximum Gasteiger partial charge on any atom is 0.165 e. The fourth-order valence-corrected chi connectivity index (χ4v) is 23.7. The number of rotatable bonds is 13. The van der Waals surface area contributed by atoms with Crippen molar-refractivity contribution in [3.05, 3.63) is 400 Å². The van der Waals surface area contributed by atoms with Gasteiger partial charge in [0.15, 0.2) is 34.9 Å². The predicted octanol–water partition coefficient (Wildman–Crippen LogP) is 32.1. The molecule has 26 rings (SSSR count). The van der Waals surface area contributed by atoms with Crippen LogP contribution in [0.15, 0.2) is 400 Å². The summed E-state index contributed by atoms with van der Waals surface area (Å²) >= 11 is 7.21. The van der Waals surface area contributed by atoms with E-state index in [1.165, 1.54) is 94.1 Å². The number of hydrogen-bond donors (Lipinski definition) is 0. The molecule has 0 unspecified atom stereocenters. The van der Waals surface area contributed by atoms with Crippen LogP contribution in [0.5, 0.6) is 0 Å². The van der Waals surface area contributed by atoms with Crippen molar-refractivity contribution in [1.29, 1.82) is 0 Å². The summed E-state index contributed by atoms with van der Waals surface area (Å²) < 4.78 is 14.3. The maximum absolute atomic E-state index is 5.60. The smallest absolute Gasteiger partial charge is 0.165 e. The lowest BCUT2D eigenvalue weighted by Gasteiger charge is -2.13. The highest BCUT2D eigenvalue weighted by atomic mass is 32.1. The lowest BCUT2D eigenvalue weighted by molar-refractivity contribution is 1.07. The molecule has 0 aliphatic rings. The van der Waals surface area contributed by atoms with Gasteiger partial charge in [0.25, 0.3) is 0 Å². The van der Waals surface area contributed by atoms with Crippen molar-refractivity contribution in [2.45, 2.75) is 0 Å². The van der Waals surface area contributed by atoms with E-state index in [2.05, 4.69) is 397 Å². The molecular weight excluding hydrogens is 1610 g/mol. The Balaban J connectivity index is 0.558. The van der Waals surface area contributed by atoms with E-state index in [9.17, 15) is 0 Å². The van der Waals surface area contributed by atoms with E-state index in [0.29, 0.717) is 34.9 Å². The van der Waals surface area contributed by atoms with E-state index >= 15 is 0 Å². The lowest BCUT2D eigenvalue weighted by Crippen LogP contribution is -2.01. The van der Waals surface area contributed by atoms with Gasteiger partial charge in [0.2, 0.25) is 0 Å². The normalized spacial score (nSPS) is 12.0. The number of benzene rings is 18. The Hall–Kier alpha value is -15.5. The molecule has 586 valence electrons. The van der Waals surface area contributed by atoms with Gasteiger partial charge in [-0.25, -0.2) is 29.9 Å². The first-order chi connectivity index (χ1) is 62.4. The molecule has 0 spiro atoms. The first kappa shape index (κ1) is 72.1. The van der Waals surface area contributed by atoms with Crippen molar-refractivity contribution < 1.29 is 0 Å². The van der Waals surface area contributed by atoms with E-state index in [-0.39, 0.29) is 0 Å². The standard InChI is InChI=1S/C114H66N8S4/c1-4-23-67(24-5-1)70-29-20-33-74(55-70)77-45-50-89-94-64-82(122-99-42-17-12-37-85(99)86-38-13-18-43-100(86)122)66-96(108(94)125-105(89)60-77)114-118-110(69-27-8-3-9-28-69)116-112(120-114)80-47-52-88-91-58-76(48-53-103(91)124-104(88)62-80)73-32-21-30-71(56-73)72-31-22-34-75(57-72)78-46-51-90-93-63-81(121-97-40-15-10-35-83(97)84-36-11-16-41-98(84)121)65-95(107(93)126-106(90)61-78)113-117-109(68-25-6-2-7-26-68)115-111(119-113)79-49-54-102-92(59-79)87-39-14-19-44-101(87)123-102/h1-66H. The molecule has 0 N–H and O–H groups in total. The highest BCUT2D eigenvalue weighted by Gasteiger charge is 2.26. The minimum atomic E-state index is 0.610. The van der Waals surface area contributed by atoms with Crippen LogP contribution in [0.1, 0.15) is 0 Å². The van der Waals surface area contributed by atoms with E-state index < -0.39 is 0 Å². The molecule has 0 bridgehead atoms. The summed E-state index contributed by atoms with van der Waals surface area (Å²) in [6.07, 6.45) is 0. The number of hydrogen-bond acceptors (Lipinski definition) is 10. The zero-order chi connectivity index (χ0) is 82.6. The number of aromatic nitrogens is 8. The van der Waals surface area contributed by atoms with Crippen LogP contribution in [0.4, 0.5) is 0 Å². The van der Waals surface area contributed by atoms with Crippen molar-refractivity contribution in [3.8, 4) is 135 Å². The molecule has 0 aliphatic heterocycles. The fourth-order valence-electron chi connectivity index (χ4n) is 19.0. The third-order valence-electron chi connectivity index (χ3n) is 25.0. The molecule has 26 aromatic rings. The second kappa shape index (κ2) is 29.1. The highest BCUT2D eigenvalue weighted by Crippen LogP contribution is 2.49. The topological polar surface area (TPSA) is 87.2 Å². The van der Waals surface area contributed by atoms with Crippen LogP contribution < -0.4 is 0 Å². The largest absolute Gasteiger partial charge is 0.309 e. The average Bonchev–Trinajstić information content (AvgIpc) is 1.57. The first-order valence-corrected chi connectivity index (χ1v) is 45.5. The molecule has 126 heavy (non-hydrogen) atoms. The van der Waals surface area contributed by atoms with Crippen LogP contribution in [0.2, 0.25) is 0 Å². The van der Waals surface area contributed by atoms with Gasteiger partial charge >= 0.3 is 0 Å². The van der Waals surface area contributed by atoms with Crippen molar-refractivity contribution in [2.75, 3.05) is 0 Å². The molecule has 0 fully saturated rings. The van der Waals surface area contributed by atoms with Crippen molar-refractivity contribution in [2.24, 2.45) is 0 Å². The number of nitrogens with zero attached hydrogens (tertiary/aromatic N) is 8. The van der Waals surface area contributed by atoms with Gasteiger partial charge in [-0.1, -0.05) is 279 Å². The van der Waals surface area contributed by atoms with E-state index in [1.807, 2.05) is 23.5 Å². The molecule has 8 aromatic heterocycles.